The van der Waals surface area contributed by atoms with Gasteiger partial charge in [-0.1, -0.05) is 6.92 Å². The second-order valence-electron chi connectivity index (χ2n) is 2.14. The lowest BCUT2D eigenvalue weighted by molar-refractivity contribution is -0.109. The number of hydrogen-bond acceptors (Lipinski definition) is 4. The molecule has 0 aliphatic heterocycles. The minimum atomic E-state index is -0.0734. The first-order valence-corrected chi connectivity index (χ1v) is 4.61. The van der Waals surface area contributed by atoms with Crippen LogP contribution in [0.1, 0.15) is 13.3 Å². The van der Waals surface area contributed by atoms with Crippen molar-refractivity contribution in [3.63, 3.8) is 0 Å². The first-order valence-electron chi connectivity index (χ1n) is 3.80. The van der Waals surface area contributed by atoms with Crippen LogP contribution < -0.4 is 0 Å². The highest BCUT2D eigenvalue weighted by atomic mass is 31.1. The number of hydrogen-bond donors (Lipinski definition) is 0. The average molecular weight is 194 g/mol. The molecule has 0 aromatic heterocycles. The van der Waals surface area contributed by atoms with Crippen LogP contribution in [0.15, 0.2) is 0 Å². The molecule has 0 aliphatic rings. The lowest BCUT2D eigenvalue weighted by Gasteiger charge is -2.11. The van der Waals surface area contributed by atoms with Crippen LogP contribution >= 0.6 is 9.03 Å². The standard InChI is InChI=1S/C7H15O4P/c1-3-7(9-2)6-11-12-10-5-4-8/h4,7,12H,3,5-6H2,1-2H3. The largest absolute Gasteiger partial charge is 0.379 e. The van der Waals surface area contributed by atoms with Gasteiger partial charge in [0, 0.05) is 7.11 Å². The van der Waals surface area contributed by atoms with Crippen molar-refractivity contribution >= 4 is 15.3 Å². The Morgan fingerprint density at radius 3 is 2.75 bits per heavy atom. The van der Waals surface area contributed by atoms with E-state index in [1.807, 2.05) is 6.92 Å². The fourth-order valence-corrected chi connectivity index (χ4v) is 1.06. The molecule has 2 atom stereocenters. The Kier molecular flexibility index (Phi) is 9.06. The average Bonchev–Trinajstić information content (AvgIpc) is 2.11. The second-order valence-corrected chi connectivity index (χ2v) is 2.88. The van der Waals surface area contributed by atoms with Crippen molar-refractivity contribution in [1.82, 2.24) is 0 Å². The quantitative estimate of drug-likeness (QED) is 0.330. The maximum absolute atomic E-state index is 9.81. The summed E-state index contributed by atoms with van der Waals surface area (Å²) in [5.74, 6) is 0. The Labute approximate surface area is 74.5 Å². The summed E-state index contributed by atoms with van der Waals surface area (Å²) in [5, 5.41) is 0. The van der Waals surface area contributed by atoms with E-state index in [4.69, 9.17) is 13.8 Å². The van der Waals surface area contributed by atoms with Gasteiger partial charge in [0.05, 0.1) is 12.7 Å². The Hall–Kier alpha value is -0.0200. The molecule has 0 saturated carbocycles. The van der Waals surface area contributed by atoms with E-state index < -0.39 is 0 Å². The molecular formula is C7H15O4P. The second kappa shape index (κ2) is 9.07. The Morgan fingerprint density at radius 2 is 2.25 bits per heavy atom. The molecule has 0 heterocycles. The van der Waals surface area contributed by atoms with Crippen molar-refractivity contribution in [2.45, 2.75) is 19.4 Å². The van der Waals surface area contributed by atoms with Gasteiger partial charge in [0.2, 0.25) is 0 Å². The van der Waals surface area contributed by atoms with Crippen molar-refractivity contribution in [1.29, 1.82) is 0 Å². The molecule has 0 aromatic rings. The molecule has 4 nitrogen and oxygen atoms in total. The summed E-state index contributed by atoms with van der Waals surface area (Å²) in [4.78, 5) is 9.81. The van der Waals surface area contributed by atoms with Crippen LogP contribution in [-0.4, -0.2) is 32.7 Å². The molecule has 0 aromatic carbocycles. The van der Waals surface area contributed by atoms with Crippen LogP contribution in [0.2, 0.25) is 0 Å². The topological polar surface area (TPSA) is 44.8 Å². The molecular weight excluding hydrogens is 179 g/mol. The molecule has 0 amide bonds. The molecule has 72 valence electrons. The van der Waals surface area contributed by atoms with Crippen molar-refractivity contribution in [3.05, 3.63) is 0 Å². The summed E-state index contributed by atoms with van der Waals surface area (Å²) in [5.41, 5.74) is 0. The van der Waals surface area contributed by atoms with Crippen LogP contribution in [0.4, 0.5) is 0 Å². The summed E-state index contributed by atoms with van der Waals surface area (Å²) >= 11 is 0. The molecule has 0 bridgehead atoms. The Balaban J connectivity index is 3.11. The molecule has 0 rings (SSSR count). The molecule has 2 unspecified atom stereocenters. The van der Waals surface area contributed by atoms with Gasteiger partial charge in [-0.05, 0) is 6.42 Å². The molecule has 0 saturated heterocycles. The summed E-state index contributed by atoms with van der Waals surface area (Å²) in [6.45, 7) is 2.64. The third-order valence-corrected chi connectivity index (χ3v) is 1.90. The van der Waals surface area contributed by atoms with Gasteiger partial charge < -0.3 is 18.6 Å². The van der Waals surface area contributed by atoms with Crippen molar-refractivity contribution in [3.8, 4) is 0 Å². The van der Waals surface area contributed by atoms with Gasteiger partial charge in [0.25, 0.3) is 0 Å². The van der Waals surface area contributed by atoms with E-state index in [9.17, 15) is 4.79 Å². The predicted molar refractivity (Wildman–Crippen MR) is 47.4 cm³/mol. The normalized spacial score (nSPS) is 13.8. The predicted octanol–water partition coefficient (Wildman–Crippen LogP) is 1.15. The number of ether oxygens (including phenoxy) is 1. The first kappa shape index (κ1) is 12.0. The number of rotatable bonds is 8. The highest BCUT2D eigenvalue weighted by Gasteiger charge is 2.03. The fourth-order valence-electron chi connectivity index (χ4n) is 0.589. The third-order valence-electron chi connectivity index (χ3n) is 1.33. The minimum absolute atomic E-state index is 0.0734. The number of aldehydes is 1. The van der Waals surface area contributed by atoms with E-state index >= 15 is 0 Å². The zero-order valence-electron chi connectivity index (χ0n) is 7.41. The number of methoxy groups -OCH3 is 1. The third kappa shape index (κ3) is 6.68. The zero-order valence-corrected chi connectivity index (χ0v) is 8.41. The van der Waals surface area contributed by atoms with Gasteiger partial charge in [-0.15, -0.1) is 0 Å². The van der Waals surface area contributed by atoms with Gasteiger partial charge in [-0.3, -0.25) is 0 Å². The van der Waals surface area contributed by atoms with E-state index in [1.165, 1.54) is 0 Å². The van der Waals surface area contributed by atoms with Crippen LogP contribution in [0.25, 0.3) is 0 Å². The van der Waals surface area contributed by atoms with E-state index in [1.54, 1.807) is 7.11 Å². The number of carbonyl (C=O) groups is 1. The highest BCUT2D eigenvalue weighted by Crippen LogP contribution is 2.14. The number of carbonyl (C=O) groups excluding carboxylic acids is 1. The van der Waals surface area contributed by atoms with Gasteiger partial charge in [-0.25, -0.2) is 0 Å². The van der Waals surface area contributed by atoms with Crippen molar-refractivity contribution in [2.75, 3.05) is 20.3 Å². The lowest BCUT2D eigenvalue weighted by Crippen LogP contribution is -2.14. The summed E-state index contributed by atoms with van der Waals surface area (Å²) in [6, 6.07) is 0. The fraction of sp³-hybridized carbons (Fsp3) is 0.857. The van der Waals surface area contributed by atoms with E-state index in [0.717, 1.165) is 6.42 Å². The zero-order chi connectivity index (χ0) is 9.23. The summed E-state index contributed by atoms with van der Waals surface area (Å²) in [6.07, 6.45) is 1.73. The van der Waals surface area contributed by atoms with E-state index in [-0.39, 0.29) is 21.7 Å². The molecule has 0 fully saturated rings. The maximum atomic E-state index is 9.81. The van der Waals surface area contributed by atoms with Crippen LogP contribution in [0.3, 0.4) is 0 Å². The van der Waals surface area contributed by atoms with Crippen molar-refractivity contribution < 1.29 is 18.6 Å². The van der Waals surface area contributed by atoms with Crippen molar-refractivity contribution in [2.24, 2.45) is 0 Å². The Morgan fingerprint density at radius 1 is 1.50 bits per heavy atom. The molecule has 12 heavy (non-hydrogen) atoms. The van der Waals surface area contributed by atoms with Crippen LogP contribution in [-0.2, 0) is 18.6 Å². The highest BCUT2D eigenvalue weighted by molar-refractivity contribution is 7.26. The molecule has 0 spiro atoms. The van der Waals surface area contributed by atoms with E-state index in [2.05, 4.69) is 0 Å². The van der Waals surface area contributed by atoms with Crippen LogP contribution in [0.5, 0.6) is 0 Å². The SMILES string of the molecule is CCC(COPOCC=O)OC. The molecule has 0 radical (unpaired) electrons. The maximum Gasteiger partial charge on any atom is 0.155 e. The molecule has 0 N–H and O–H groups in total. The lowest BCUT2D eigenvalue weighted by atomic mass is 10.3. The summed E-state index contributed by atoms with van der Waals surface area (Å²) < 4.78 is 15.0. The van der Waals surface area contributed by atoms with Gasteiger partial charge >= 0.3 is 0 Å². The Bertz CT molecular complexity index is 106. The minimum Gasteiger partial charge on any atom is -0.379 e. The van der Waals surface area contributed by atoms with Gasteiger partial charge in [-0.2, -0.15) is 0 Å². The molecule has 0 aliphatic carbocycles. The van der Waals surface area contributed by atoms with Gasteiger partial charge in [0.15, 0.2) is 9.03 Å². The van der Waals surface area contributed by atoms with Crippen LogP contribution in [0, 0.1) is 0 Å². The molecule has 5 heteroatoms. The summed E-state index contributed by atoms with van der Waals surface area (Å²) in [7, 11) is 1.57. The first-order chi connectivity index (χ1) is 5.85. The monoisotopic (exact) mass is 194 g/mol. The van der Waals surface area contributed by atoms with Gasteiger partial charge in [0.1, 0.15) is 12.9 Å². The smallest absolute Gasteiger partial charge is 0.155 e. The van der Waals surface area contributed by atoms with E-state index in [0.29, 0.717) is 12.9 Å².